The number of aliphatic hydroxyl groups excluding tert-OH is 1. The Kier molecular flexibility index (Phi) is 5.14. The van der Waals surface area contributed by atoms with Gasteiger partial charge in [-0.3, -0.25) is 9.69 Å². The van der Waals surface area contributed by atoms with Crippen LogP contribution in [0.5, 0.6) is 0 Å². The third kappa shape index (κ3) is 3.51. The monoisotopic (exact) mass is 291 g/mol. The molecule has 0 spiro atoms. The van der Waals surface area contributed by atoms with Gasteiger partial charge in [0, 0.05) is 18.2 Å². The van der Waals surface area contributed by atoms with Gasteiger partial charge in [0.05, 0.1) is 25.4 Å². The van der Waals surface area contributed by atoms with Crippen LogP contribution in [-0.4, -0.2) is 53.7 Å². The molecular formula is C17H25NO3. The van der Waals surface area contributed by atoms with Crippen LogP contribution in [0, 0.1) is 13.8 Å². The Bertz CT molecular complexity index is 515. The Morgan fingerprint density at radius 2 is 2.19 bits per heavy atom. The van der Waals surface area contributed by atoms with E-state index in [-0.39, 0.29) is 30.6 Å². The van der Waals surface area contributed by atoms with Gasteiger partial charge in [-0.2, -0.15) is 0 Å². The van der Waals surface area contributed by atoms with E-state index in [1.165, 1.54) is 0 Å². The third-order valence-corrected chi connectivity index (χ3v) is 4.29. The van der Waals surface area contributed by atoms with E-state index in [0.717, 1.165) is 16.7 Å². The number of nitrogens with zero attached hydrogens (tertiary/aromatic N) is 1. The fourth-order valence-corrected chi connectivity index (χ4v) is 2.87. The van der Waals surface area contributed by atoms with E-state index in [1.807, 2.05) is 39.0 Å². The van der Waals surface area contributed by atoms with Gasteiger partial charge in [-0.15, -0.1) is 0 Å². The molecule has 21 heavy (non-hydrogen) atoms. The van der Waals surface area contributed by atoms with Crippen molar-refractivity contribution < 1.29 is 14.6 Å². The zero-order valence-corrected chi connectivity index (χ0v) is 13.3. The van der Waals surface area contributed by atoms with E-state index < -0.39 is 0 Å². The molecule has 3 unspecified atom stereocenters. The maximum atomic E-state index is 12.8. The van der Waals surface area contributed by atoms with Gasteiger partial charge in [-0.1, -0.05) is 17.7 Å². The lowest BCUT2D eigenvalue weighted by molar-refractivity contribution is -0.0847. The number of carbonyl (C=O) groups is 1. The number of carbonyl (C=O) groups excluding carboxylic acids is 1. The van der Waals surface area contributed by atoms with Gasteiger partial charge in [0.15, 0.2) is 5.78 Å². The van der Waals surface area contributed by atoms with Gasteiger partial charge in [0.1, 0.15) is 0 Å². The van der Waals surface area contributed by atoms with Crippen LogP contribution in [0.4, 0.5) is 0 Å². The first-order valence-corrected chi connectivity index (χ1v) is 7.53. The minimum absolute atomic E-state index is 0.00635. The molecule has 4 nitrogen and oxygen atoms in total. The summed E-state index contributed by atoms with van der Waals surface area (Å²) in [4.78, 5) is 14.9. The fraction of sp³-hybridized carbons (Fsp3) is 0.588. The molecule has 0 bridgehead atoms. The SMILES string of the molecule is Cc1ccc(C)c(C(=O)C(C)N2CC(CO)OCC2C)c1. The van der Waals surface area contributed by atoms with Crippen molar-refractivity contribution in [3.63, 3.8) is 0 Å². The second-order valence-corrected chi connectivity index (χ2v) is 6.04. The average Bonchev–Trinajstić information content (AvgIpc) is 2.49. The molecule has 1 aliphatic heterocycles. The molecule has 1 aromatic rings. The average molecular weight is 291 g/mol. The van der Waals surface area contributed by atoms with Crippen LogP contribution in [0.3, 0.4) is 0 Å². The molecule has 0 aliphatic carbocycles. The zero-order chi connectivity index (χ0) is 15.6. The topological polar surface area (TPSA) is 49.8 Å². The summed E-state index contributed by atoms with van der Waals surface area (Å²) in [6.07, 6.45) is -0.199. The second kappa shape index (κ2) is 6.69. The van der Waals surface area contributed by atoms with Crippen molar-refractivity contribution in [1.29, 1.82) is 0 Å². The van der Waals surface area contributed by atoms with Crippen molar-refractivity contribution in [3.8, 4) is 0 Å². The molecule has 0 saturated carbocycles. The molecule has 116 valence electrons. The van der Waals surface area contributed by atoms with Crippen molar-refractivity contribution >= 4 is 5.78 Å². The Labute approximate surface area is 126 Å². The zero-order valence-electron chi connectivity index (χ0n) is 13.3. The van der Waals surface area contributed by atoms with E-state index in [1.54, 1.807) is 0 Å². The molecule has 1 saturated heterocycles. The number of benzene rings is 1. The number of ether oxygens (including phenoxy) is 1. The first-order valence-electron chi connectivity index (χ1n) is 7.53. The van der Waals surface area contributed by atoms with Gasteiger partial charge < -0.3 is 9.84 Å². The maximum Gasteiger partial charge on any atom is 0.179 e. The van der Waals surface area contributed by atoms with Crippen molar-refractivity contribution in [2.45, 2.75) is 45.9 Å². The lowest BCUT2D eigenvalue weighted by atomic mass is 9.96. The van der Waals surface area contributed by atoms with E-state index in [0.29, 0.717) is 13.2 Å². The number of aliphatic hydroxyl groups is 1. The Morgan fingerprint density at radius 1 is 1.48 bits per heavy atom. The Morgan fingerprint density at radius 3 is 2.86 bits per heavy atom. The normalized spacial score (nSPS) is 24.8. The summed E-state index contributed by atoms with van der Waals surface area (Å²) in [6.45, 7) is 9.11. The van der Waals surface area contributed by atoms with Crippen molar-refractivity contribution in [2.75, 3.05) is 19.8 Å². The molecule has 0 aromatic heterocycles. The van der Waals surface area contributed by atoms with Gasteiger partial charge >= 0.3 is 0 Å². The highest BCUT2D eigenvalue weighted by atomic mass is 16.5. The van der Waals surface area contributed by atoms with Gasteiger partial charge in [0.2, 0.25) is 0 Å². The molecule has 0 radical (unpaired) electrons. The molecule has 1 aliphatic rings. The first kappa shape index (κ1) is 16.1. The summed E-state index contributed by atoms with van der Waals surface area (Å²) in [6, 6.07) is 5.95. The number of hydrogen-bond donors (Lipinski definition) is 1. The quantitative estimate of drug-likeness (QED) is 0.862. The number of Topliss-reactive ketones (excluding diaryl/α,β-unsaturated/α-hetero) is 1. The lowest BCUT2D eigenvalue weighted by Crippen LogP contribution is -2.55. The Balaban J connectivity index is 2.19. The highest BCUT2D eigenvalue weighted by Crippen LogP contribution is 2.20. The van der Waals surface area contributed by atoms with E-state index >= 15 is 0 Å². The van der Waals surface area contributed by atoms with Crippen LogP contribution in [0.1, 0.15) is 35.3 Å². The molecule has 1 fully saturated rings. The predicted molar refractivity (Wildman–Crippen MR) is 82.7 cm³/mol. The Hall–Kier alpha value is -1.23. The highest BCUT2D eigenvalue weighted by molar-refractivity contribution is 6.01. The number of aryl methyl sites for hydroxylation is 2. The van der Waals surface area contributed by atoms with Crippen molar-refractivity contribution in [1.82, 2.24) is 4.90 Å². The second-order valence-electron chi connectivity index (χ2n) is 6.04. The number of hydrogen-bond acceptors (Lipinski definition) is 4. The minimum atomic E-state index is -0.210. The number of rotatable bonds is 4. The van der Waals surface area contributed by atoms with Crippen LogP contribution >= 0.6 is 0 Å². The standard InChI is InChI=1S/C17H25NO3/c1-11-5-6-12(2)16(7-11)17(20)14(4)18-8-15(9-19)21-10-13(18)3/h5-7,13-15,19H,8-10H2,1-4H3. The molecular weight excluding hydrogens is 266 g/mol. The first-order chi connectivity index (χ1) is 9.93. The maximum absolute atomic E-state index is 12.8. The highest BCUT2D eigenvalue weighted by Gasteiger charge is 2.32. The largest absolute Gasteiger partial charge is 0.394 e. The number of ketones is 1. The van der Waals surface area contributed by atoms with E-state index in [4.69, 9.17) is 4.74 Å². The van der Waals surface area contributed by atoms with E-state index in [9.17, 15) is 9.90 Å². The van der Waals surface area contributed by atoms with Crippen LogP contribution in [-0.2, 0) is 4.74 Å². The van der Waals surface area contributed by atoms with Crippen LogP contribution in [0.2, 0.25) is 0 Å². The number of morpholine rings is 1. The smallest absolute Gasteiger partial charge is 0.179 e. The molecule has 0 amide bonds. The van der Waals surface area contributed by atoms with Crippen LogP contribution in [0.15, 0.2) is 18.2 Å². The molecule has 4 heteroatoms. The molecule has 1 aromatic carbocycles. The fourth-order valence-electron chi connectivity index (χ4n) is 2.87. The summed E-state index contributed by atoms with van der Waals surface area (Å²) < 4.78 is 5.55. The third-order valence-electron chi connectivity index (χ3n) is 4.29. The summed E-state index contributed by atoms with van der Waals surface area (Å²) in [5.74, 6) is 0.140. The van der Waals surface area contributed by atoms with Gasteiger partial charge in [-0.05, 0) is 39.3 Å². The van der Waals surface area contributed by atoms with Crippen molar-refractivity contribution in [2.24, 2.45) is 0 Å². The van der Waals surface area contributed by atoms with Gasteiger partial charge in [-0.25, -0.2) is 0 Å². The minimum Gasteiger partial charge on any atom is -0.394 e. The molecule has 3 atom stereocenters. The molecule has 2 rings (SSSR count). The van der Waals surface area contributed by atoms with E-state index in [2.05, 4.69) is 11.8 Å². The summed E-state index contributed by atoms with van der Waals surface area (Å²) in [7, 11) is 0. The summed E-state index contributed by atoms with van der Waals surface area (Å²) in [5.41, 5.74) is 2.90. The van der Waals surface area contributed by atoms with Crippen LogP contribution < -0.4 is 0 Å². The van der Waals surface area contributed by atoms with Gasteiger partial charge in [0.25, 0.3) is 0 Å². The molecule has 1 heterocycles. The summed E-state index contributed by atoms with van der Waals surface area (Å²) >= 11 is 0. The summed E-state index contributed by atoms with van der Waals surface area (Å²) in [5, 5.41) is 9.28. The predicted octanol–water partition coefficient (Wildman–Crippen LogP) is 1.96. The van der Waals surface area contributed by atoms with Crippen LogP contribution in [0.25, 0.3) is 0 Å². The lowest BCUT2D eigenvalue weighted by Gasteiger charge is -2.40. The van der Waals surface area contributed by atoms with Crippen molar-refractivity contribution in [3.05, 3.63) is 34.9 Å². The molecule has 1 N–H and O–H groups in total.